The van der Waals surface area contributed by atoms with E-state index in [1.54, 1.807) is 13.2 Å². The van der Waals surface area contributed by atoms with E-state index >= 15 is 0 Å². The topological polar surface area (TPSA) is 46.2 Å². The van der Waals surface area contributed by atoms with Crippen molar-refractivity contribution in [2.24, 2.45) is 0 Å². The van der Waals surface area contributed by atoms with Gasteiger partial charge in [0, 0.05) is 18.5 Å². The molecule has 3 aromatic rings. The first kappa shape index (κ1) is 17.4. The molecule has 6 heteroatoms. The summed E-state index contributed by atoms with van der Waals surface area (Å²) in [5, 5.41) is 4.62. The minimum atomic E-state index is -0.235. The second-order valence-electron chi connectivity index (χ2n) is 5.62. The van der Waals surface area contributed by atoms with Crippen LogP contribution in [0.2, 0.25) is 0 Å². The van der Waals surface area contributed by atoms with Crippen molar-refractivity contribution in [3.8, 4) is 11.1 Å². The van der Waals surface area contributed by atoms with Crippen LogP contribution >= 0.6 is 11.3 Å². The number of halogens is 1. The predicted octanol–water partition coefficient (Wildman–Crippen LogP) is 5.12. The number of rotatable bonds is 6. The zero-order valence-corrected chi connectivity index (χ0v) is 15.2. The first-order valence-electron chi connectivity index (χ1n) is 7.96. The van der Waals surface area contributed by atoms with Gasteiger partial charge in [-0.25, -0.2) is 9.37 Å². The molecule has 130 valence electrons. The van der Waals surface area contributed by atoms with Gasteiger partial charge in [-0.1, -0.05) is 60.7 Å². The molecule has 0 saturated carbocycles. The van der Waals surface area contributed by atoms with Crippen LogP contribution in [0.4, 0.5) is 14.5 Å². The highest BCUT2D eigenvalue weighted by Crippen LogP contribution is 2.37. The van der Waals surface area contributed by atoms with Gasteiger partial charge in [0.2, 0.25) is 0 Å². The predicted molar refractivity (Wildman–Crippen MR) is 102 cm³/mol. The number of nitrogens with zero attached hydrogens (tertiary/aromatic N) is 1. The maximum Gasteiger partial charge on any atom is 0.184 e. The van der Waals surface area contributed by atoms with Crippen LogP contribution in [-0.4, -0.2) is 19.1 Å². The molecule has 1 heterocycles. The van der Waals surface area contributed by atoms with Gasteiger partial charge >= 0.3 is 0 Å². The molecule has 0 saturated heterocycles. The zero-order valence-electron chi connectivity index (χ0n) is 14.3. The van der Waals surface area contributed by atoms with Gasteiger partial charge in [-0.2, -0.15) is 0 Å². The Morgan fingerprint density at radius 2 is 1.92 bits per heavy atom. The molecule has 0 radical (unpaired) electrons. The lowest BCUT2D eigenvalue weighted by Gasteiger charge is -2.13. The van der Waals surface area contributed by atoms with E-state index in [1.807, 2.05) is 56.4 Å². The maximum absolute atomic E-state index is 14.7. The van der Waals surface area contributed by atoms with Crippen molar-refractivity contribution in [3.63, 3.8) is 0 Å². The fourth-order valence-electron chi connectivity index (χ4n) is 2.71. The molecule has 1 atom stereocenters. The van der Waals surface area contributed by atoms with Crippen LogP contribution < -0.4 is 10.8 Å². The molecule has 25 heavy (non-hydrogen) atoms. The van der Waals surface area contributed by atoms with Gasteiger partial charge in [0.1, 0.15) is 10.8 Å². The molecule has 0 aliphatic carbocycles. The van der Waals surface area contributed by atoms with Gasteiger partial charge in [-0.3, -0.25) is 10.3 Å². The Bertz CT molecular complexity index is 851. The van der Waals surface area contributed by atoms with E-state index in [2.05, 4.69) is 15.8 Å². The minimum absolute atomic E-state index is 0.0738. The van der Waals surface area contributed by atoms with Gasteiger partial charge < -0.3 is 5.32 Å². The van der Waals surface area contributed by atoms with Crippen molar-refractivity contribution in [2.45, 2.75) is 12.8 Å². The first-order valence-corrected chi connectivity index (χ1v) is 8.78. The summed E-state index contributed by atoms with van der Waals surface area (Å²) in [4.78, 5) is 9.61. The lowest BCUT2D eigenvalue weighted by atomic mass is 9.95. The number of nitrogens with one attached hydrogen (secondary N) is 2. The van der Waals surface area contributed by atoms with Crippen LogP contribution in [0.15, 0.2) is 48.5 Å². The third kappa shape index (κ3) is 3.65. The fourth-order valence-corrected chi connectivity index (χ4v) is 3.60. The average Bonchev–Trinajstić information content (AvgIpc) is 3.05. The highest BCUT2D eigenvalue weighted by atomic mass is 32.1. The highest BCUT2D eigenvalue weighted by Gasteiger charge is 2.20. The third-order valence-corrected chi connectivity index (χ3v) is 5.04. The van der Waals surface area contributed by atoms with Crippen LogP contribution in [-0.2, 0) is 4.84 Å². The standard InChI is InChI=1S/C19H20FN3OS/c1-12(17-18(23-24-3)25-19(21-2)22-17)14-9-10-15(16(20)11-14)13-7-5-4-6-8-13/h4-12,23H,1-3H3,(H,21,22). The van der Waals surface area contributed by atoms with Gasteiger partial charge in [-0.05, 0) is 17.2 Å². The summed E-state index contributed by atoms with van der Waals surface area (Å²) in [6.45, 7) is 2.01. The second kappa shape index (κ2) is 7.63. The third-order valence-electron chi connectivity index (χ3n) is 4.05. The average molecular weight is 357 g/mol. The molecule has 2 N–H and O–H groups in total. The summed E-state index contributed by atoms with van der Waals surface area (Å²) in [7, 11) is 3.37. The quantitative estimate of drug-likeness (QED) is 0.601. The Balaban J connectivity index is 1.94. The summed E-state index contributed by atoms with van der Waals surface area (Å²) < 4.78 is 14.7. The number of aromatic nitrogens is 1. The Morgan fingerprint density at radius 1 is 1.16 bits per heavy atom. The zero-order chi connectivity index (χ0) is 17.8. The van der Waals surface area contributed by atoms with E-state index in [-0.39, 0.29) is 11.7 Å². The smallest absolute Gasteiger partial charge is 0.184 e. The van der Waals surface area contributed by atoms with Crippen molar-refractivity contribution in [2.75, 3.05) is 25.0 Å². The molecule has 3 rings (SSSR count). The minimum Gasteiger partial charge on any atom is -0.365 e. The van der Waals surface area contributed by atoms with Gasteiger partial charge in [0.05, 0.1) is 12.8 Å². The fraction of sp³-hybridized carbons (Fsp3) is 0.211. The number of anilines is 2. The highest BCUT2D eigenvalue weighted by molar-refractivity contribution is 7.19. The summed E-state index contributed by atoms with van der Waals surface area (Å²) in [5.74, 6) is -0.309. The molecular weight excluding hydrogens is 337 g/mol. The molecule has 0 fully saturated rings. The van der Waals surface area contributed by atoms with Gasteiger partial charge in [0.15, 0.2) is 5.13 Å². The second-order valence-corrected chi connectivity index (χ2v) is 6.62. The summed E-state index contributed by atoms with van der Waals surface area (Å²) in [5.41, 5.74) is 6.01. The normalized spacial score (nSPS) is 12.0. The molecule has 0 aliphatic heterocycles. The number of hydrogen-bond acceptors (Lipinski definition) is 5. The van der Waals surface area contributed by atoms with E-state index in [0.29, 0.717) is 5.56 Å². The summed E-state index contributed by atoms with van der Waals surface area (Å²) in [6, 6.07) is 14.9. The molecule has 0 bridgehead atoms. The van der Waals surface area contributed by atoms with E-state index in [4.69, 9.17) is 4.84 Å². The monoisotopic (exact) mass is 357 g/mol. The van der Waals surface area contributed by atoms with Crippen molar-refractivity contribution < 1.29 is 9.23 Å². The van der Waals surface area contributed by atoms with Crippen LogP contribution in [0.3, 0.4) is 0 Å². The molecule has 2 aromatic carbocycles. The lowest BCUT2D eigenvalue weighted by molar-refractivity contribution is 0.272. The molecule has 0 aliphatic rings. The number of hydrogen-bond donors (Lipinski definition) is 2. The Hall–Kier alpha value is -2.44. The summed E-state index contributed by atoms with van der Waals surface area (Å²) >= 11 is 1.46. The first-order chi connectivity index (χ1) is 12.1. The molecule has 1 unspecified atom stereocenters. The van der Waals surface area contributed by atoms with Crippen LogP contribution in [0.5, 0.6) is 0 Å². The van der Waals surface area contributed by atoms with Gasteiger partial charge in [0.25, 0.3) is 0 Å². The molecule has 0 amide bonds. The van der Waals surface area contributed by atoms with Crippen molar-refractivity contribution in [1.82, 2.24) is 4.98 Å². The van der Waals surface area contributed by atoms with Crippen LogP contribution in [0, 0.1) is 5.82 Å². The van der Waals surface area contributed by atoms with Crippen molar-refractivity contribution >= 4 is 21.5 Å². The van der Waals surface area contributed by atoms with E-state index in [1.165, 1.54) is 11.3 Å². The molecule has 1 aromatic heterocycles. The Labute approximate surface area is 150 Å². The Kier molecular flexibility index (Phi) is 5.31. The van der Waals surface area contributed by atoms with E-state index in [0.717, 1.165) is 27.0 Å². The SMILES string of the molecule is CNc1nc(C(C)c2ccc(-c3ccccc3)c(F)c2)c(NOC)s1. The van der Waals surface area contributed by atoms with Crippen molar-refractivity contribution in [3.05, 3.63) is 65.6 Å². The van der Waals surface area contributed by atoms with Crippen molar-refractivity contribution in [1.29, 1.82) is 0 Å². The number of benzene rings is 2. The van der Waals surface area contributed by atoms with E-state index < -0.39 is 0 Å². The van der Waals surface area contributed by atoms with E-state index in [9.17, 15) is 4.39 Å². The molecule has 4 nitrogen and oxygen atoms in total. The lowest BCUT2D eigenvalue weighted by Crippen LogP contribution is -2.03. The maximum atomic E-state index is 14.7. The van der Waals surface area contributed by atoms with Crippen LogP contribution in [0.1, 0.15) is 24.1 Å². The van der Waals surface area contributed by atoms with Gasteiger partial charge in [-0.15, -0.1) is 0 Å². The molecule has 0 spiro atoms. The molecular formula is C19H20FN3OS. The number of thiazole rings is 1. The largest absolute Gasteiger partial charge is 0.365 e. The Morgan fingerprint density at radius 3 is 2.56 bits per heavy atom. The summed E-state index contributed by atoms with van der Waals surface area (Å²) in [6.07, 6.45) is 0. The van der Waals surface area contributed by atoms with Crippen LogP contribution in [0.25, 0.3) is 11.1 Å².